The molecule has 0 atom stereocenters. The highest BCUT2D eigenvalue weighted by molar-refractivity contribution is 8.07. The zero-order chi connectivity index (χ0) is 11.4. The van der Waals surface area contributed by atoms with Gasteiger partial charge in [-0.3, -0.25) is 0 Å². The van der Waals surface area contributed by atoms with Crippen LogP contribution >= 0.6 is 23.5 Å². The predicted octanol–water partition coefficient (Wildman–Crippen LogP) is 4.29. The second-order valence-corrected chi connectivity index (χ2v) is 5.66. The topological polar surface area (TPSA) is 47.6 Å². The van der Waals surface area contributed by atoms with Crippen LogP contribution in [0, 0.1) is 21.3 Å². The van der Waals surface area contributed by atoms with Gasteiger partial charge in [0.05, 0.1) is 0 Å². The van der Waals surface area contributed by atoms with Gasteiger partial charge in [-0.1, -0.05) is 0 Å². The number of fused-ring (bicyclic) bond motifs is 1. The number of nitriles is 2. The normalized spacial score (nSPS) is 20.1. The molecule has 2 aliphatic rings. The lowest BCUT2D eigenvalue weighted by Crippen LogP contribution is -2.08. The zero-order valence-corrected chi connectivity index (χ0v) is 10.6. The number of allylic oxidation sites excluding steroid dienone is 4. The lowest BCUT2D eigenvalue weighted by molar-refractivity contribution is 0.704. The van der Waals surface area contributed by atoms with Crippen LogP contribution in [0.3, 0.4) is 0 Å². The summed E-state index contributed by atoms with van der Waals surface area (Å²) in [4.78, 5) is 2.50. The van der Waals surface area contributed by atoms with E-state index < -0.39 is 0 Å². The van der Waals surface area contributed by atoms with Crippen LogP contribution in [0.2, 0.25) is 0 Å². The molecule has 0 saturated carbocycles. The Balaban J connectivity index is 2.38. The number of nitrogens with zero attached hydrogens (tertiary/aromatic N) is 2. The average Bonchev–Trinajstić information content (AvgIpc) is 2.31. The van der Waals surface area contributed by atoms with Crippen LogP contribution in [0.15, 0.2) is 21.0 Å². The summed E-state index contributed by atoms with van der Waals surface area (Å²) in [6, 6.07) is 0. The van der Waals surface area contributed by atoms with Crippen LogP contribution in [0.5, 0.6) is 0 Å². The van der Waals surface area contributed by atoms with E-state index in [0.717, 1.165) is 38.5 Å². The van der Waals surface area contributed by atoms with E-state index in [1.807, 2.05) is 0 Å². The molecule has 82 valence electrons. The second kappa shape index (κ2) is 5.48. The Bertz CT molecular complexity index is 393. The molecule has 0 aromatic rings. The molecule has 0 aromatic heterocycles. The lowest BCUT2D eigenvalue weighted by atomic mass is 9.85. The summed E-state index contributed by atoms with van der Waals surface area (Å²) in [5.41, 5.74) is 2.75. The molecule has 4 heteroatoms. The van der Waals surface area contributed by atoms with Gasteiger partial charge in [-0.15, -0.1) is 0 Å². The predicted molar refractivity (Wildman–Crippen MR) is 68.2 cm³/mol. The third kappa shape index (κ3) is 2.29. The number of thiocyanates is 2. The lowest BCUT2D eigenvalue weighted by Gasteiger charge is -2.27. The summed E-state index contributed by atoms with van der Waals surface area (Å²) in [5.74, 6) is 0. The molecule has 0 bridgehead atoms. The van der Waals surface area contributed by atoms with Crippen molar-refractivity contribution in [1.29, 1.82) is 10.5 Å². The van der Waals surface area contributed by atoms with Crippen molar-refractivity contribution in [3.63, 3.8) is 0 Å². The average molecular weight is 248 g/mol. The highest BCUT2D eigenvalue weighted by atomic mass is 32.2. The molecule has 0 amide bonds. The minimum atomic E-state index is 1.04. The first-order chi connectivity index (χ1) is 7.86. The van der Waals surface area contributed by atoms with Gasteiger partial charge in [0.2, 0.25) is 0 Å². The maximum Gasteiger partial charge on any atom is 0.138 e. The molecule has 0 N–H and O–H groups in total. The molecule has 2 nitrogen and oxygen atoms in total. The van der Waals surface area contributed by atoms with Crippen molar-refractivity contribution < 1.29 is 0 Å². The van der Waals surface area contributed by atoms with Crippen LogP contribution in [0.4, 0.5) is 0 Å². The molecule has 0 unspecified atom stereocenters. The number of thioether (sulfide) groups is 2. The van der Waals surface area contributed by atoms with Gasteiger partial charge in [0.25, 0.3) is 0 Å². The van der Waals surface area contributed by atoms with Gasteiger partial charge >= 0.3 is 0 Å². The molecule has 0 aliphatic heterocycles. The van der Waals surface area contributed by atoms with E-state index in [2.05, 4.69) is 10.8 Å². The molecule has 2 rings (SSSR count). The van der Waals surface area contributed by atoms with Crippen LogP contribution in [-0.4, -0.2) is 0 Å². The monoisotopic (exact) mass is 248 g/mol. The molecule has 0 radical (unpaired) electrons. The Morgan fingerprint density at radius 2 is 1.19 bits per heavy atom. The Morgan fingerprint density at radius 1 is 0.750 bits per heavy atom. The Hall–Kier alpha value is -0.840. The molecule has 0 heterocycles. The summed E-state index contributed by atoms with van der Waals surface area (Å²) >= 11 is 2.63. The van der Waals surface area contributed by atoms with Gasteiger partial charge in [-0.2, -0.15) is 10.5 Å². The minimum absolute atomic E-state index is 1.04. The van der Waals surface area contributed by atoms with Crippen molar-refractivity contribution in [1.82, 2.24) is 0 Å². The van der Waals surface area contributed by atoms with E-state index in [1.54, 1.807) is 0 Å². The summed E-state index contributed by atoms with van der Waals surface area (Å²) in [6.45, 7) is 0. The third-order valence-electron chi connectivity index (χ3n) is 3.04. The molecule has 0 aromatic carbocycles. The maximum atomic E-state index is 8.78. The smallest absolute Gasteiger partial charge is 0.138 e. The van der Waals surface area contributed by atoms with E-state index in [0.29, 0.717) is 0 Å². The highest BCUT2D eigenvalue weighted by Gasteiger charge is 2.24. The van der Waals surface area contributed by atoms with Crippen molar-refractivity contribution in [2.24, 2.45) is 0 Å². The SMILES string of the molecule is N#CSC1=C2CCCC(SC#N)=C2CCC1. The van der Waals surface area contributed by atoms with E-state index in [1.165, 1.54) is 44.5 Å². The fraction of sp³-hybridized carbons (Fsp3) is 0.500. The summed E-state index contributed by atoms with van der Waals surface area (Å²) in [7, 11) is 0. The first-order valence-corrected chi connectivity index (χ1v) is 7.06. The first-order valence-electron chi connectivity index (χ1n) is 5.43. The van der Waals surface area contributed by atoms with E-state index in [4.69, 9.17) is 10.5 Å². The fourth-order valence-corrected chi connectivity index (χ4v) is 3.82. The highest BCUT2D eigenvalue weighted by Crippen LogP contribution is 2.45. The van der Waals surface area contributed by atoms with Crippen LogP contribution in [-0.2, 0) is 0 Å². The van der Waals surface area contributed by atoms with Crippen molar-refractivity contribution in [3.05, 3.63) is 21.0 Å². The molecular formula is C12H12N2S2. The number of hydrogen-bond acceptors (Lipinski definition) is 4. The van der Waals surface area contributed by atoms with Crippen molar-refractivity contribution in [3.8, 4) is 10.8 Å². The summed E-state index contributed by atoms with van der Waals surface area (Å²) < 4.78 is 0. The minimum Gasteiger partial charge on any atom is -0.185 e. The van der Waals surface area contributed by atoms with Gasteiger partial charge in [0, 0.05) is 9.81 Å². The van der Waals surface area contributed by atoms with Crippen molar-refractivity contribution in [2.75, 3.05) is 0 Å². The van der Waals surface area contributed by atoms with Crippen molar-refractivity contribution >= 4 is 23.5 Å². The number of rotatable bonds is 2. The molecule has 0 saturated heterocycles. The largest absolute Gasteiger partial charge is 0.185 e. The molecule has 0 spiro atoms. The van der Waals surface area contributed by atoms with E-state index >= 15 is 0 Å². The van der Waals surface area contributed by atoms with Gasteiger partial charge in [0.1, 0.15) is 10.8 Å². The van der Waals surface area contributed by atoms with Gasteiger partial charge < -0.3 is 0 Å². The van der Waals surface area contributed by atoms with Crippen LogP contribution < -0.4 is 0 Å². The van der Waals surface area contributed by atoms with Gasteiger partial charge in [-0.25, -0.2) is 0 Å². The number of hydrogen-bond donors (Lipinski definition) is 0. The zero-order valence-electron chi connectivity index (χ0n) is 8.95. The molecule has 2 aliphatic carbocycles. The maximum absolute atomic E-state index is 8.78. The fourth-order valence-electron chi connectivity index (χ4n) is 2.41. The van der Waals surface area contributed by atoms with E-state index in [-0.39, 0.29) is 0 Å². The Morgan fingerprint density at radius 3 is 1.56 bits per heavy atom. The molecular weight excluding hydrogens is 236 g/mol. The van der Waals surface area contributed by atoms with Crippen LogP contribution in [0.25, 0.3) is 0 Å². The van der Waals surface area contributed by atoms with Gasteiger partial charge in [0.15, 0.2) is 0 Å². The standard InChI is InChI=1S/C12H12N2S2/c13-7-15-11-5-1-3-9-10(11)4-2-6-12(9)16-8-14/h1-6H2. The summed E-state index contributed by atoms with van der Waals surface area (Å²) in [6.07, 6.45) is 6.52. The second-order valence-electron chi connectivity index (χ2n) is 3.90. The molecule has 16 heavy (non-hydrogen) atoms. The Labute approximate surface area is 104 Å². The van der Waals surface area contributed by atoms with Crippen molar-refractivity contribution in [2.45, 2.75) is 38.5 Å². The molecule has 0 fully saturated rings. The Kier molecular flexibility index (Phi) is 3.98. The quantitative estimate of drug-likeness (QED) is 0.684. The summed E-state index contributed by atoms with van der Waals surface area (Å²) in [5, 5.41) is 21.9. The first kappa shape index (κ1) is 11.6. The van der Waals surface area contributed by atoms with E-state index in [9.17, 15) is 0 Å². The third-order valence-corrected chi connectivity index (χ3v) is 4.61. The van der Waals surface area contributed by atoms with Crippen LogP contribution in [0.1, 0.15) is 38.5 Å². The van der Waals surface area contributed by atoms with Gasteiger partial charge in [-0.05, 0) is 73.2 Å².